The van der Waals surface area contributed by atoms with Crippen molar-refractivity contribution in [2.75, 3.05) is 5.43 Å². The fourth-order valence-corrected chi connectivity index (χ4v) is 2.55. The molecule has 0 unspecified atom stereocenters. The molecule has 1 aromatic heterocycles. The lowest BCUT2D eigenvalue weighted by Gasteiger charge is -2.11. The number of nitrogens with one attached hydrogen (secondary N) is 2. The van der Waals surface area contributed by atoms with Gasteiger partial charge in [0.1, 0.15) is 12.1 Å². The number of benzene rings is 2. The number of hydrogen-bond donors (Lipinski definition) is 2. The number of aromatic nitrogens is 2. The first-order chi connectivity index (χ1) is 14.8. The summed E-state index contributed by atoms with van der Waals surface area (Å²) in [5.41, 5.74) is 4.27. The summed E-state index contributed by atoms with van der Waals surface area (Å²) in [7, 11) is 0. The molecule has 1 heterocycles. The van der Waals surface area contributed by atoms with Crippen molar-refractivity contribution in [3.63, 3.8) is 0 Å². The molecule has 13 heteroatoms. The molecular formula is C18H13ClN6O6. The minimum Gasteiger partial charge on any atom is -0.434 e. The van der Waals surface area contributed by atoms with Crippen molar-refractivity contribution in [2.24, 2.45) is 0 Å². The molecule has 0 radical (unpaired) electrons. The Balaban J connectivity index is 1.83. The zero-order chi connectivity index (χ0) is 22.5. The standard InChI is InChI=1S/C18H13ClN6O6/c1-10-7-13(5-6-14(10)19)31-18-15(25(29)30)16(20-9-21-18)22-23-17(26)11-3-2-4-12(8-11)24(27)28/h2-9H,1H3,(H,23,26)(H,20,21,22). The van der Waals surface area contributed by atoms with Crippen LogP contribution in [-0.4, -0.2) is 25.7 Å². The summed E-state index contributed by atoms with van der Waals surface area (Å²) in [5, 5.41) is 22.9. The highest BCUT2D eigenvalue weighted by molar-refractivity contribution is 6.31. The molecule has 2 N–H and O–H groups in total. The van der Waals surface area contributed by atoms with Crippen LogP contribution >= 0.6 is 11.6 Å². The van der Waals surface area contributed by atoms with E-state index >= 15 is 0 Å². The Bertz CT molecular complexity index is 1190. The topological polar surface area (TPSA) is 162 Å². The number of halogens is 1. The molecule has 0 aliphatic heterocycles. The van der Waals surface area contributed by atoms with Gasteiger partial charge in [-0.1, -0.05) is 17.7 Å². The van der Waals surface area contributed by atoms with Crippen molar-refractivity contribution in [1.29, 1.82) is 0 Å². The maximum atomic E-state index is 12.3. The Kier molecular flexibility index (Phi) is 6.21. The molecule has 3 aromatic rings. The summed E-state index contributed by atoms with van der Waals surface area (Å²) in [6.45, 7) is 1.74. The maximum absolute atomic E-state index is 12.3. The lowest BCUT2D eigenvalue weighted by Crippen LogP contribution is -2.30. The highest BCUT2D eigenvalue weighted by Crippen LogP contribution is 2.34. The summed E-state index contributed by atoms with van der Waals surface area (Å²) in [5.74, 6) is -1.23. The lowest BCUT2D eigenvalue weighted by molar-refractivity contribution is -0.385. The second kappa shape index (κ2) is 9.00. The van der Waals surface area contributed by atoms with E-state index < -0.39 is 21.4 Å². The number of nitrogens with zero attached hydrogens (tertiary/aromatic N) is 4. The molecule has 3 rings (SSSR count). The van der Waals surface area contributed by atoms with Crippen molar-refractivity contribution >= 4 is 34.7 Å². The van der Waals surface area contributed by atoms with Gasteiger partial charge in [0.25, 0.3) is 11.6 Å². The number of hydrogen-bond acceptors (Lipinski definition) is 9. The van der Waals surface area contributed by atoms with Gasteiger partial charge in [-0.05, 0) is 36.8 Å². The number of rotatable bonds is 7. The van der Waals surface area contributed by atoms with Crippen LogP contribution in [0.1, 0.15) is 15.9 Å². The average Bonchev–Trinajstić information content (AvgIpc) is 2.74. The SMILES string of the molecule is Cc1cc(Oc2ncnc(NNC(=O)c3cccc([N+](=O)[O-])c3)c2[N+](=O)[O-])ccc1Cl. The molecule has 1 amide bonds. The summed E-state index contributed by atoms with van der Waals surface area (Å²) >= 11 is 5.96. The first-order valence-corrected chi connectivity index (χ1v) is 8.88. The van der Waals surface area contributed by atoms with E-state index in [2.05, 4.69) is 20.8 Å². The van der Waals surface area contributed by atoms with Crippen LogP contribution in [-0.2, 0) is 0 Å². The van der Waals surface area contributed by atoms with Crippen molar-refractivity contribution < 1.29 is 19.4 Å². The van der Waals surface area contributed by atoms with Crippen molar-refractivity contribution in [3.05, 3.63) is 85.2 Å². The Morgan fingerprint density at radius 2 is 1.87 bits per heavy atom. The van der Waals surface area contributed by atoms with E-state index in [-0.39, 0.29) is 28.7 Å². The van der Waals surface area contributed by atoms with Crippen LogP contribution in [0.5, 0.6) is 11.6 Å². The van der Waals surface area contributed by atoms with E-state index in [0.717, 1.165) is 12.4 Å². The number of anilines is 1. The van der Waals surface area contributed by atoms with Crippen LogP contribution in [0.25, 0.3) is 0 Å². The predicted molar refractivity (Wildman–Crippen MR) is 109 cm³/mol. The molecule has 2 aromatic carbocycles. The van der Waals surface area contributed by atoms with Gasteiger partial charge >= 0.3 is 11.6 Å². The number of amides is 1. The summed E-state index contributed by atoms with van der Waals surface area (Å²) < 4.78 is 5.50. The Hall–Kier alpha value is -4.32. The second-order valence-corrected chi connectivity index (χ2v) is 6.44. The molecule has 0 aliphatic carbocycles. The number of nitro benzene ring substituents is 1. The van der Waals surface area contributed by atoms with Gasteiger partial charge in [-0.15, -0.1) is 0 Å². The third kappa shape index (κ3) is 5.00. The van der Waals surface area contributed by atoms with Crippen LogP contribution < -0.4 is 15.6 Å². The largest absolute Gasteiger partial charge is 0.434 e. The zero-order valence-corrected chi connectivity index (χ0v) is 16.5. The monoisotopic (exact) mass is 444 g/mol. The first kappa shape index (κ1) is 21.4. The van der Waals surface area contributed by atoms with Crippen LogP contribution in [0, 0.1) is 27.2 Å². The summed E-state index contributed by atoms with van der Waals surface area (Å²) in [6, 6.07) is 9.61. The molecule has 0 saturated heterocycles. The zero-order valence-electron chi connectivity index (χ0n) is 15.7. The average molecular weight is 445 g/mol. The van der Waals surface area contributed by atoms with Gasteiger partial charge in [-0.2, -0.15) is 4.98 Å². The molecule has 0 spiro atoms. The molecule has 0 saturated carbocycles. The van der Waals surface area contributed by atoms with Gasteiger partial charge < -0.3 is 4.74 Å². The number of carbonyl (C=O) groups excluding carboxylic acids is 1. The maximum Gasteiger partial charge on any atom is 0.374 e. The lowest BCUT2D eigenvalue weighted by atomic mass is 10.2. The predicted octanol–water partition coefficient (Wildman–Crippen LogP) is 3.80. The molecule has 0 bridgehead atoms. The van der Waals surface area contributed by atoms with E-state index in [4.69, 9.17) is 16.3 Å². The van der Waals surface area contributed by atoms with Gasteiger partial charge in [0.2, 0.25) is 5.82 Å². The molecule has 0 aliphatic rings. The van der Waals surface area contributed by atoms with Gasteiger partial charge in [-0.3, -0.25) is 35.9 Å². The number of carbonyl (C=O) groups is 1. The number of aryl methyl sites for hydroxylation is 1. The van der Waals surface area contributed by atoms with Crippen LogP contribution in [0.15, 0.2) is 48.8 Å². The van der Waals surface area contributed by atoms with Crippen LogP contribution in [0.2, 0.25) is 5.02 Å². The first-order valence-electron chi connectivity index (χ1n) is 8.50. The van der Waals surface area contributed by atoms with Crippen molar-refractivity contribution in [1.82, 2.24) is 15.4 Å². The van der Waals surface area contributed by atoms with Gasteiger partial charge in [-0.25, -0.2) is 4.98 Å². The van der Waals surface area contributed by atoms with Crippen molar-refractivity contribution in [2.45, 2.75) is 6.92 Å². The Morgan fingerprint density at radius 3 is 2.55 bits per heavy atom. The summed E-state index contributed by atoms with van der Waals surface area (Å²) in [6.07, 6.45) is 1.01. The molecule has 0 atom stereocenters. The Labute approximate surface area is 179 Å². The smallest absolute Gasteiger partial charge is 0.374 e. The highest BCUT2D eigenvalue weighted by atomic mass is 35.5. The molecule has 31 heavy (non-hydrogen) atoms. The van der Waals surface area contributed by atoms with Crippen molar-refractivity contribution in [3.8, 4) is 11.6 Å². The van der Waals surface area contributed by atoms with E-state index in [9.17, 15) is 25.0 Å². The molecule has 12 nitrogen and oxygen atoms in total. The fraction of sp³-hybridized carbons (Fsp3) is 0.0556. The number of non-ortho nitro benzene ring substituents is 1. The molecule has 0 fully saturated rings. The van der Waals surface area contributed by atoms with E-state index in [1.165, 1.54) is 24.3 Å². The normalized spacial score (nSPS) is 10.3. The number of ether oxygens (including phenoxy) is 1. The second-order valence-electron chi connectivity index (χ2n) is 6.03. The fourth-order valence-electron chi connectivity index (χ4n) is 2.43. The van der Waals surface area contributed by atoms with E-state index in [1.54, 1.807) is 19.1 Å². The third-order valence-electron chi connectivity index (χ3n) is 3.93. The number of nitro groups is 2. The minimum atomic E-state index is -0.778. The van der Waals surface area contributed by atoms with Crippen LogP contribution in [0.4, 0.5) is 17.2 Å². The Morgan fingerprint density at radius 1 is 1.10 bits per heavy atom. The minimum absolute atomic E-state index is 0.0356. The number of hydrazine groups is 1. The highest BCUT2D eigenvalue weighted by Gasteiger charge is 2.26. The van der Waals surface area contributed by atoms with E-state index in [0.29, 0.717) is 10.6 Å². The third-order valence-corrected chi connectivity index (χ3v) is 4.35. The van der Waals surface area contributed by atoms with Crippen LogP contribution in [0.3, 0.4) is 0 Å². The van der Waals surface area contributed by atoms with E-state index in [1.807, 2.05) is 0 Å². The van der Waals surface area contributed by atoms with Gasteiger partial charge in [0.05, 0.1) is 9.85 Å². The quantitative estimate of drug-likeness (QED) is 0.407. The molecular weight excluding hydrogens is 432 g/mol. The van der Waals surface area contributed by atoms with Gasteiger partial charge in [0.15, 0.2) is 0 Å². The van der Waals surface area contributed by atoms with Gasteiger partial charge in [0, 0.05) is 22.7 Å². The summed E-state index contributed by atoms with van der Waals surface area (Å²) in [4.78, 5) is 40.8. The molecule has 158 valence electrons.